The number of carbonyl (C=O) groups is 1. The molecule has 0 bridgehead atoms. The summed E-state index contributed by atoms with van der Waals surface area (Å²) in [4.78, 5) is 14.0. The Labute approximate surface area is 118 Å². The summed E-state index contributed by atoms with van der Waals surface area (Å²) in [5.74, 6) is -0.960. The highest BCUT2D eigenvalue weighted by Gasteiger charge is 2.10. The van der Waals surface area contributed by atoms with E-state index in [1.807, 2.05) is 38.4 Å². The summed E-state index contributed by atoms with van der Waals surface area (Å²) in [6, 6.07) is 13.4. The minimum atomic E-state index is -0.519. The average Bonchev–Trinajstić information content (AvgIpc) is 2.41. The Kier molecular flexibility index (Phi) is 4.48. The Balaban J connectivity index is 2.07. The van der Waals surface area contributed by atoms with E-state index in [0.29, 0.717) is 5.69 Å². The fourth-order valence-corrected chi connectivity index (χ4v) is 1.90. The van der Waals surface area contributed by atoms with Gasteiger partial charge in [-0.05, 0) is 43.9 Å². The van der Waals surface area contributed by atoms with E-state index >= 15 is 0 Å². The van der Waals surface area contributed by atoms with Crippen LogP contribution in [0.1, 0.15) is 15.9 Å². The van der Waals surface area contributed by atoms with Crippen LogP contribution in [0.2, 0.25) is 0 Å². The van der Waals surface area contributed by atoms with Gasteiger partial charge in [0.1, 0.15) is 5.82 Å². The first-order valence-corrected chi connectivity index (χ1v) is 6.36. The van der Waals surface area contributed by atoms with Crippen molar-refractivity contribution < 1.29 is 9.18 Å². The van der Waals surface area contributed by atoms with Crippen LogP contribution in [0.4, 0.5) is 10.1 Å². The van der Waals surface area contributed by atoms with Crippen molar-refractivity contribution in [3.63, 3.8) is 0 Å². The molecule has 0 aliphatic rings. The smallest absolute Gasteiger partial charge is 0.258 e. The van der Waals surface area contributed by atoms with Crippen molar-refractivity contribution in [2.24, 2.45) is 0 Å². The van der Waals surface area contributed by atoms with Gasteiger partial charge in [0.05, 0.1) is 5.56 Å². The zero-order valence-corrected chi connectivity index (χ0v) is 11.6. The van der Waals surface area contributed by atoms with Gasteiger partial charge in [-0.3, -0.25) is 4.79 Å². The Morgan fingerprint density at radius 1 is 1.10 bits per heavy atom. The molecule has 2 aromatic rings. The van der Waals surface area contributed by atoms with Crippen LogP contribution in [0.3, 0.4) is 0 Å². The van der Waals surface area contributed by atoms with Crippen LogP contribution in [0, 0.1) is 5.82 Å². The summed E-state index contributed by atoms with van der Waals surface area (Å²) >= 11 is 0. The maximum atomic E-state index is 13.5. The van der Waals surface area contributed by atoms with E-state index in [2.05, 4.69) is 10.2 Å². The molecule has 3 nitrogen and oxygen atoms in total. The van der Waals surface area contributed by atoms with Gasteiger partial charge >= 0.3 is 0 Å². The third-order valence-corrected chi connectivity index (χ3v) is 2.83. The maximum absolute atomic E-state index is 13.5. The first-order valence-electron chi connectivity index (χ1n) is 6.36. The van der Waals surface area contributed by atoms with Gasteiger partial charge in [0, 0.05) is 12.2 Å². The van der Waals surface area contributed by atoms with Crippen molar-refractivity contribution in [3.05, 3.63) is 65.5 Å². The number of nitrogens with zero attached hydrogens (tertiary/aromatic N) is 1. The maximum Gasteiger partial charge on any atom is 0.258 e. The number of amides is 1. The SMILES string of the molecule is CN(C)Cc1ccc(NC(=O)c2ccccc2F)cc1. The highest BCUT2D eigenvalue weighted by molar-refractivity contribution is 6.04. The highest BCUT2D eigenvalue weighted by atomic mass is 19.1. The third kappa shape index (κ3) is 3.65. The number of hydrogen-bond donors (Lipinski definition) is 1. The van der Waals surface area contributed by atoms with Crippen LogP contribution < -0.4 is 5.32 Å². The molecule has 0 spiro atoms. The van der Waals surface area contributed by atoms with E-state index in [0.717, 1.165) is 12.1 Å². The van der Waals surface area contributed by atoms with Gasteiger partial charge < -0.3 is 10.2 Å². The number of carbonyl (C=O) groups excluding carboxylic acids is 1. The normalized spacial score (nSPS) is 10.6. The van der Waals surface area contributed by atoms with Gasteiger partial charge in [0.25, 0.3) is 5.91 Å². The standard InChI is InChI=1S/C16H17FN2O/c1-19(2)11-12-7-9-13(10-8-12)18-16(20)14-5-3-4-6-15(14)17/h3-10H,11H2,1-2H3,(H,18,20). The second-order valence-electron chi connectivity index (χ2n) is 4.87. The second-order valence-corrected chi connectivity index (χ2v) is 4.87. The number of nitrogens with one attached hydrogen (secondary N) is 1. The largest absolute Gasteiger partial charge is 0.322 e. The van der Waals surface area contributed by atoms with Crippen LogP contribution >= 0.6 is 0 Å². The van der Waals surface area contributed by atoms with Crippen molar-refractivity contribution in [1.29, 1.82) is 0 Å². The van der Waals surface area contributed by atoms with Crippen LogP contribution in [-0.4, -0.2) is 24.9 Å². The van der Waals surface area contributed by atoms with E-state index in [-0.39, 0.29) is 5.56 Å². The predicted octanol–water partition coefficient (Wildman–Crippen LogP) is 3.14. The Bertz CT molecular complexity index is 594. The molecule has 0 fully saturated rings. The zero-order chi connectivity index (χ0) is 14.5. The topological polar surface area (TPSA) is 32.3 Å². The van der Waals surface area contributed by atoms with E-state index in [4.69, 9.17) is 0 Å². The molecule has 104 valence electrons. The first kappa shape index (κ1) is 14.2. The van der Waals surface area contributed by atoms with Gasteiger partial charge in [-0.25, -0.2) is 4.39 Å². The van der Waals surface area contributed by atoms with Crippen molar-refractivity contribution in [2.75, 3.05) is 19.4 Å². The van der Waals surface area contributed by atoms with E-state index in [1.54, 1.807) is 12.1 Å². The Hall–Kier alpha value is -2.20. The molecule has 0 aromatic heterocycles. The first-order chi connectivity index (χ1) is 9.56. The Morgan fingerprint density at radius 2 is 1.75 bits per heavy atom. The lowest BCUT2D eigenvalue weighted by atomic mass is 10.1. The molecular formula is C16H17FN2O. The summed E-state index contributed by atoms with van der Waals surface area (Å²) in [7, 11) is 3.99. The fraction of sp³-hybridized carbons (Fsp3) is 0.188. The van der Waals surface area contributed by atoms with Gasteiger partial charge in [-0.2, -0.15) is 0 Å². The lowest BCUT2D eigenvalue weighted by Crippen LogP contribution is -2.14. The van der Waals surface area contributed by atoms with E-state index in [9.17, 15) is 9.18 Å². The average molecular weight is 272 g/mol. The van der Waals surface area contributed by atoms with E-state index < -0.39 is 11.7 Å². The lowest BCUT2D eigenvalue weighted by molar-refractivity contribution is 0.102. The minimum absolute atomic E-state index is 0.0462. The fourth-order valence-electron chi connectivity index (χ4n) is 1.90. The quantitative estimate of drug-likeness (QED) is 0.927. The summed E-state index contributed by atoms with van der Waals surface area (Å²) in [6.07, 6.45) is 0. The molecule has 0 radical (unpaired) electrons. The molecule has 0 saturated carbocycles. The Morgan fingerprint density at radius 3 is 2.35 bits per heavy atom. The molecule has 4 heteroatoms. The van der Waals surface area contributed by atoms with Crippen LogP contribution in [0.5, 0.6) is 0 Å². The molecule has 20 heavy (non-hydrogen) atoms. The molecule has 0 atom stereocenters. The monoisotopic (exact) mass is 272 g/mol. The van der Waals surface area contributed by atoms with Crippen LogP contribution in [-0.2, 0) is 6.54 Å². The molecule has 1 N–H and O–H groups in total. The van der Waals surface area contributed by atoms with Crippen molar-refractivity contribution in [2.45, 2.75) is 6.54 Å². The van der Waals surface area contributed by atoms with Crippen LogP contribution in [0.15, 0.2) is 48.5 Å². The summed E-state index contributed by atoms with van der Waals surface area (Å²) in [6.45, 7) is 0.835. The van der Waals surface area contributed by atoms with Crippen molar-refractivity contribution in [3.8, 4) is 0 Å². The van der Waals surface area contributed by atoms with Crippen molar-refractivity contribution in [1.82, 2.24) is 4.90 Å². The summed E-state index contributed by atoms with van der Waals surface area (Å²) in [5, 5.41) is 2.69. The highest BCUT2D eigenvalue weighted by Crippen LogP contribution is 2.13. The molecule has 0 heterocycles. The number of hydrogen-bond acceptors (Lipinski definition) is 2. The third-order valence-electron chi connectivity index (χ3n) is 2.83. The summed E-state index contributed by atoms with van der Waals surface area (Å²) in [5.41, 5.74) is 1.85. The predicted molar refractivity (Wildman–Crippen MR) is 78.2 cm³/mol. The van der Waals surface area contributed by atoms with Gasteiger partial charge in [-0.15, -0.1) is 0 Å². The lowest BCUT2D eigenvalue weighted by Gasteiger charge is -2.10. The molecule has 0 aliphatic heterocycles. The van der Waals surface area contributed by atoms with Crippen molar-refractivity contribution >= 4 is 11.6 Å². The summed E-state index contributed by atoms with van der Waals surface area (Å²) < 4.78 is 13.5. The molecule has 0 aliphatic carbocycles. The number of benzene rings is 2. The molecule has 0 saturated heterocycles. The van der Waals surface area contributed by atoms with Crippen LogP contribution in [0.25, 0.3) is 0 Å². The van der Waals surface area contributed by atoms with Gasteiger partial charge in [-0.1, -0.05) is 24.3 Å². The number of anilines is 1. The number of halogens is 1. The zero-order valence-electron chi connectivity index (χ0n) is 11.6. The molecule has 2 aromatic carbocycles. The molecular weight excluding hydrogens is 255 g/mol. The van der Waals surface area contributed by atoms with Gasteiger partial charge in [0.2, 0.25) is 0 Å². The number of rotatable bonds is 4. The molecule has 2 rings (SSSR count). The molecule has 1 amide bonds. The van der Waals surface area contributed by atoms with Gasteiger partial charge in [0.15, 0.2) is 0 Å². The molecule has 0 unspecified atom stereocenters. The van der Waals surface area contributed by atoms with E-state index in [1.165, 1.54) is 12.1 Å². The second kappa shape index (κ2) is 6.30. The minimum Gasteiger partial charge on any atom is -0.322 e.